The van der Waals surface area contributed by atoms with Crippen molar-refractivity contribution in [1.82, 2.24) is 10.6 Å². The first-order chi connectivity index (χ1) is 7.22. The van der Waals surface area contributed by atoms with E-state index in [4.69, 9.17) is 4.74 Å². The van der Waals surface area contributed by atoms with E-state index in [1.807, 2.05) is 0 Å². The Morgan fingerprint density at radius 2 is 2.47 bits per heavy atom. The normalized spacial score (nSPS) is 24.4. The Labute approximate surface area is 91.8 Å². The van der Waals surface area contributed by atoms with Crippen LogP contribution >= 0.6 is 0 Å². The molecule has 1 aliphatic heterocycles. The van der Waals surface area contributed by atoms with Crippen LogP contribution in [0.1, 0.15) is 26.2 Å². The third-order valence-corrected chi connectivity index (χ3v) is 2.69. The van der Waals surface area contributed by atoms with Crippen molar-refractivity contribution >= 4 is 5.91 Å². The van der Waals surface area contributed by atoms with Gasteiger partial charge >= 0.3 is 0 Å². The summed E-state index contributed by atoms with van der Waals surface area (Å²) in [5.41, 5.74) is 0. The van der Waals surface area contributed by atoms with Crippen LogP contribution in [0.15, 0.2) is 0 Å². The third-order valence-electron chi connectivity index (χ3n) is 2.69. The van der Waals surface area contributed by atoms with Gasteiger partial charge in [0.1, 0.15) is 0 Å². The van der Waals surface area contributed by atoms with Crippen LogP contribution in [0.3, 0.4) is 0 Å². The molecule has 2 unspecified atom stereocenters. The van der Waals surface area contributed by atoms with Gasteiger partial charge in [-0.15, -0.1) is 0 Å². The molecule has 15 heavy (non-hydrogen) atoms. The Hall–Kier alpha value is -0.610. The van der Waals surface area contributed by atoms with Crippen LogP contribution in [-0.4, -0.2) is 38.8 Å². The lowest BCUT2D eigenvalue weighted by Crippen LogP contribution is -2.36. The molecule has 1 fully saturated rings. The topological polar surface area (TPSA) is 50.4 Å². The molecule has 88 valence electrons. The van der Waals surface area contributed by atoms with E-state index in [-0.39, 0.29) is 5.91 Å². The van der Waals surface area contributed by atoms with E-state index in [0.717, 1.165) is 32.5 Å². The van der Waals surface area contributed by atoms with E-state index in [1.165, 1.54) is 0 Å². The molecule has 4 heteroatoms. The van der Waals surface area contributed by atoms with Gasteiger partial charge in [0.15, 0.2) is 0 Å². The summed E-state index contributed by atoms with van der Waals surface area (Å²) in [6.45, 7) is 4.66. The Morgan fingerprint density at radius 3 is 3.20 bits per heavy atom. The van der Waals surface area contributed by atoms with Crippen molar-refractivity contribution in [2.75, 3.05) is 26.8 Å². The molecule has 0 bridgehead atoms. The molecule has 4 nitrogen and oxygen atoms in total. The van der Waals surface area contributed by atoms with Crippen LogP contribution in [-0.2, 0) is 9.53 Å². The molecule has 1 rings (SSSR count). The molecular weight excluding hydrogens is 192 g/mol. The van der Waals surface area contributed by atoms with E-state index < -0.39 is 0 Å². The van der Waals surface area contributed by atoms with Gasteiger partial charge in [-0.3, -0.25) is 4.79 Å². The minimum Gasteiger partial charge on any atom is -0.384 e. The fourth-order valence-corrected chi connectivity index (χ4v) is 1.86. The highest BCUT2D eigenvalue weighted by molar-refractivity contribution is 5.76. The number of hydrogen-bond donors (Lipinski definition) is 2. The summed E-state index contributed by atoms with van der Waals surface area (Å²) in [5.74, 6) is 0.672. The number of amides is 1. The van der Waals surface area contributed by atoms with Crippen molar-refractivity contribution in [3.8, 4) is 0 Å². The van der Waals surface area contributed by atoms with Gasteiger partial charge in [-0.1, -0.05) is 6.92 Å². The van der Waals surface area contributed by atoms with Crippen molar-refractivity contribution in [2.24, 2.45) is 5.92 Å². The van der Waals surface area contributed by atoms with Crippen molar-refractivity contribution in [2.45, 2.75) is 32.2 Å². The predicted octanol–water partition coefficient (Wildman–Crippen LogP) is 0.527. The fraction of sp³-hybridized carbons (Fsp3) is 0.909. The largest absolute Gasteiger partial charge is 0.384 e. The molecular formula is C11H22N2O2. The summed E-state index contributed by atoms with van der Waals surface area (Å²) in [5, 5.41) is 6.32. The maximum Gasteiger partial charge on any atom is 0.221 e. The molecule has 1 aliphatic rings. The maximum atomic E-state index is 11.3. The van der Waals surface area contributed by atoms with E-state index in [9.17, 15) is 4.79 Å². The van der Waals surface area contributed by atoms with Crippen molar-refractivity contribution in [1.29, 1.82) is 0 Å². The Bertz CT molecular complexity index is 197. The van der Waals surface area contributed by atoms with Gasteiger partial charge in [0.05, 0.1) is 0 Å². The Balaban J connectivity index is 2.21. The number of carbonyl (C=O) groups is 1. The average molecular weight is 214 g/mol. The molecule has 1 heterocycles. The van der Waals surface area contributed by atoms with Crippen molar-refractivity contribution in [3.63, 3.8) is 0 Å². The highest BCUT2D eigenvalue weighted by Gasteiger charge is 2.17. The van der Waals surface area contributed by atoms with E-state index in [2.05, 4.69) is 17.6 Å². The zero-order chi connectivity index (χ0) is 11.1. The highest BCUT2D eigenvalue weighted by Crippen LogP contribution is 2.06. The molecule has 1 saturated heterocycles. The van der Waals surface area contributed by atoms with Gasteiger partial charge in [0.25, 0.3) is 0 Å². The number of rotatable bonds is 5. The quantitative estimate of drug-likeness (QED) is 0.702. The maximum absolute atomic E-state index is 11.3. The zero-order valence-electron chi connectivity index (χ0n) is 9.71. The standard InChI is InChI=1S/C11H22N2O2/c1-9(8-15-2)7-13-10-4-3-5-12-11(14)6-10/h9-10,13H,3-8H2,1-2H3,(H,12,14). The van der Waals surface area contributed by atoms with Crippen LogP contribution in [0.2, 0.25) is 0 Å². The minimum absolute atomic E-state index is 0.171. The summed E-state index contributed by atoms with van der Waals surface area (Å²) < 4.78 is 5.07. The molecule has 0 saturated carbocycles. The number of hydrogen-bond acceptors (Lipinski definition) is 3. The van der Waals surface area contributed by atoms with Crippen molar-refractivity contribution < 1.29 is 9.53 Å². The first-order valence-electron chi connectivity index (χ1n) is 5.71. The van der Waals surface area contributed by atoms with Gasteiger partial charge in [-0.05, 0) is 18.8 Å². The monoisotopic (exact) mass is 214 g/mol. The van der Waals surface area contributed by atoms with Crippen LogP contribution in [0, 0.1) is 5.92 Å². The molecule has 0 aromatic heterocycles. The molecule has 2 N–H and O–H groups in total. The molecule has 0 radical (unpaired) electrons. The third kappa shape index (κ3) is 5.14. The summed E-state index contributed by atoms with van der Waals surface area (Å²) in [7, 11) is 1.72. The van der Waals surface area contributed by atoms with Gasteiger partial charge in [0.2, 0.25) is 5.91 Å². The number of ether oxygens (including phenoxy) is 1. The van der Waals surface area contributed by atoms with Crippen molar-refractivity contribution in [3.05, 3.63) is 0 Å². The van der Waals surface area contributed by atoms with E-state index in [1.54, 1.807) is 7.11 Å². The second-order valence-corrected chi connectivity index (χ2v) is 4.36. The number of nitrogens with one attached hydrogen (secondary N) is 2. The lowest BCUT2D eigenvalue weighted by Gasteiger charge is -2.18. The lowest BCUT2D eigenvalue weighted by atomic mass is 10.1. The van der Waals surface area contributed by atoms with Crippen LogP contribution < -0.4 is 10.6 Å². The molecule has 0 aromatic carbocycles. The smallest absolute Gasteiger partial charge is 0.221 e. The van der Waals surface area contributed by atoms with Gasteiger partial charge in [0, 0.05) is 39.3 Å². The highest BCUT2D eigenvalue weighted by atomic mass is 16.5. The average Bonchev–Trinajstić information content (AvgIpc) is 2.40. The van der Waals surface area contributed by atoms with Crippen LogP contribution in [0.4, 0.5) is 0 Å². The van der Waals surface area contributed by atoms with E-state index >= 15 is 0 Å². The Kier molecular flexibility index (Phi) is 5.65. The second kappa shape index (κ2) is 6.80. The summed E-state index contributed by atoms with van der Waals surface area (Å²) in [4.78, 5) is 11.3. The zero-order valence-corrected chi connectivity index (χ0v) is 9.71. The summed E-state index contributed by atoms with van der Waals surface area (Å²) in [6, 6.07) is 0.340. The van der Waals surface area contributed by atoms with Gasteiger partial charge in [-0.25, -0.2) is 0 Å². The number of methoxy groups -OCH3 is 1. The van der Waals surface area contributed by atoms with Crippen LogP contribution in [0.5, 0.6) is 0 Å². The first-order valence-corrected chi connectivity index (χ1v) is 5.71. The predicted molar refractivity (Wildman–Crippen MR) is 59.7 cm³/mol. The SMILES string of the molecule is COCC(C)CNC1CCCNC(=O)C1. The Morgan fingerprint density at radius 1 is 1.67 bits per heavy atom. The molecule has 2 atom stereocenters. The summed E-state index contributed by atoms with van der Waals surface area (Å²) in [6.07, 6.45) is 2.76. The lowest BCUT2D eigenvalue weighted by molar-refractivity contribution is -0.121. The van der Waals surface area contributed by atoms with Gasteiger partial charge in [-0.2, -0.15) is 0 Å². The van der Waals surface area contributed by atoms with E-state index in [0.29, 0.717) is 18.4 Å². The second-order valence-electron chi connectivity index (χ2n) is 4.36. The molecule has 0 aliphatic carbocycles. The molecule has 0 spiro atoms. The number of carbonyl (C=O) groups excluding carboxylic acids is 1. The minimum atomic E-state index is 0.171. The van der Waals surface area contributed by atoms with Crippen LogP contribution in [0.25, 0.3) is 0 Å². The first kappa shape index (κ1) is 12.5. The fourth-order valence-electron chi connectivity index (χ4n) is 1.86. The molecule has 1 amide bonds. The molecule has 0 aromatic rings. The van der Waals surface area contributed by atoms with Gasteiger partial charge < -0.3 is 15.4 Å². The summed E-state index contributed by atoms with van der Waals surface area (Å²) >= 11 is 0.